The van der Waals surface area contributed by atoms with Gasteiger partial charge in [-0.2, -0.15) is 5.26 Å². The molecule has 8 heteroatoms. The first-order valence-corrected chi connectivity index (χ1v) is 7.88. The van der Waals surface area contributed by atoms with Gasteiger partial charge < -0.3 is 19.9 Å². The maximum absolute atomic E-state index is 12.0. The van der Waals surface area contributed by atoms with E-state index >= 15 is 0 Å². The standard InChI is InChI=1S/C16H24N2O6/c1-5-23-14(21)11-9(7-6-8-17)10(11)12(13(19)20)18-15(22)24-16(2,3)4/h9-12H,5-7H2,1-4H3,(H,18,22)(H,19,20). The molecule has 24 heavy (non-hydrogen) atoms. The van der Waals surface area contributed by atoms with Crippen LogP contribution in [0, 0.1) is 29.1 Å². The van der Waals surface area contributed by atoms with Gasteiger partial charge in [-0.1, -0.05) is 0 Å². The number of esters is 1. The third-order valence-electron chi connectivity index (χ3n) is 3.70. The van der Waals surface area contributed by atoms with Gasteiger partial charge in [-0.15, -0.1) is 0 Å². The van der Waals surface area contributed by atoms with E-state index in [0.29, 0.717) is 6.42 Å². The lowest BCUT2D eigenvalue weighted by molar-refractivity contribution is -0.145. The highest BCUT2D eigenvalue weighted by Gasteiger charge is 2.60. The third-order valence-corrected chi connectivity index (χ3v) is 3.70. The van der Waals surface area contributed by atoms with Crippen LogP contribution in [0.25, 0.3) is 0 Å². The molecule has 0 aromatic carbocycles. The predicted molar refractivity (Wildman–Crippen MR) is 82.7 cm³/mol. The molecule has 0 heterocycles. The topological polar surface area (TPSA) is 126 Å². The molecule has 1 saturated carbocycles. The van der Waals surface area contributed by atoms with Crippen LogP contribution >= 0.6 is 0 Å². The molecule has 0 bridgehead atoms. The number of ether oxygens (including phenoxy) is 2. The Morgan fingerprint density at radius 2 is 1.96 bits per heavy atom. The van der Waals surface area contributed by atoms with Crippen LogP contribution in [-0.4, -0.2) is 41.4 Å². The number of nitriles is 1. The molecule has 134 valence electrons. The average Bonchev–Trinajstić information content (AvgIpc) is 3.14. The molecule has 0 saturated heterocycles. The summed E-state index contributed by atoms with van der Waals surface area (Å²) in [6.07, 6.45) is -0.274. The third kappa shape index (κ3) is 5.41. The molecule has 1 fully saturated rings. The fraction of sp³-hybridized carbons (Fsp3) is 0.750. The summed E-state index contributed by atoms with van der Waals surface area (Å²) in [4.78, 5) is 35.4. The Labute approximate surface area is 141 Å². The van der Waals surface area contributed by atoms with Gasteiger partial charge in [0.15, 0.2) is 0 Å². The smallest absolute Gasteiger partial charge is 0.408 e. The molecule has 8 nitrogen and oxygen atoms in total. The molecule has 4 atom stereocenters. The van der Waals surface area contributed by atoms with Gasteiger partial charge in [-0.05, 0) is 40.0 Å². The minimum Gasteiger partial charge on any atom is -0.480 e. The average molecular weight is 340 g/mol. The number of carbonyl (C=O) groups excluding carboxylic acids is 2. The number of amides is 1. The minimum absolute atomic E-state index is 0.185. The largest absolute Gasteiger partial charge is 0.480 e. The van der Waals surface area contributed by atoms with Gasteiger partial charge in [0.2, 0.25) is 0 Å². The summed E-state index contributed by atoms with van der Waals surface area (Å²) in [6, 6.07) is 0.714. The zero-order valence-corrected chi connectivity index (χ0v) is 14.4. The van der Waals surface area contributed by atoms with Crippen molar-refractivity contribution in [2.45, 2.75) is 52.2 Å². The Morgan fingerprint density at radius 1 is 1.33 bits per heavy atom. The molecular weight excluding hydrogens is 316 g/mol. The fourth-order valence-electron chi connectivity index (χ4n) is 2.79. The van der Waals surface area contributed by atoms with Crippen molar-refractivity contribution in [3.63, 3.8) is 0 Å². The van der Waals surface area contributed by atoms with Crippen molar-refractivity contribution in [3.05, 3.63) is 0 Å². The molecule has 0 aromatic heterocycles. The molecule has 4 unspecified atom stereocenters. The summed E-state index contributed by atoms with van der Waals surface area (Å²) in [5.74, 6) is -3.29. The van der Waals surface area contributed by atoms with Gasteiger partial charge in [0, 0.05) is 12.3 Å². The zero-order chi connectivity index (χ0) is 18.5. The van der Waals surface area contributed by atoms with Crippen molar-refractivity contribution in [1.29, 1.82) is 5.26 Å². The second kappa shape index (κ2) is 7.99. The first kappa shape index (κ1) is 19.7. The number of alkyl carbamates (subject to hydrolysis) is 1. The first-order valence-electron chi connectivity index (χ1n) is 7.88. The van der Waals surface area contributed by atoms with E-state index in [0.717, 1.165) is 0 Å². The number of aliphatic carboxylic acids is 1. The summed E-state index contributed by atoms with van der Waals surface area (Å²) in [5, 5.41) is 20.4. The maximum atomic E-state index is 12.0. The lowest BCUT2D eigenvalue weighted by Gasteiger charge is -2.22. The van der Waals surface area contributed by atoms with Crippen LogP contribution in [0.2, 0.25) is 0 Å². The van der Waals surface area contributed by atoms with E-state index in [4.69, 9.17) is 14.7 Å². The minimum atomic E-state index is -1.27. The van der Waals surface area contributed by atoms with Gasteiger partial charge in [0.25, 0.3) is 0 Å². The van der Waals surface area contributed by atoms with E-state index in [9.17, 15) is 19.5 Å². The number of carboxylic acid groups (broad SMARTS) is 1. The van der Waals surface area contributed by atoms with Crippen LogP contribution in [-0.2, 0) is 19.1 Å². The second-order valence-corrected chi connectivity index (χ2v) is 6.68. The van der Waals surface area contributed by atoms with Crippen molar-refractivity contribution in [3.8, 4) is 6.07 Å². The van der Waals surface area contributed by atoms with Crippen molar-refractivity contribution >= 4 is 18.0 Å². The van der Waals surface area contributed by atoms with Gasteiger partial charge in [-0.3, -0.25) is 4.79 Å². The van der Waals surface area contributed by atoms with Crippen LogP contribution < -0.4 is 5.32 Å². The quantitative estimate of drug-likeness (QED) is 0.675. The van der Waals surface area contributed by atoms with Crippen molar-refractivity contribution in [2.24, 2.45) is 17.8 Å². The molecule has 1 rings (SSSR count). The molecular formula is C16H24N2O6. The van der Waals surface area contributed by atoms with Crippen molar-refractivity contribution in [1.82, 2.24) is 5.32 Å². The van der Waals surface area contributed by atoms with E-state index in [1.54, 1.807) is 27.7 Å². The number of carbonyl (C=O) groups is 3. The monoisotopic (exact) mass is 340 g/mol. The van der Waals surface area contributed by atoms with Crippen LogP contribution in [0.3, 0.4) is 0 Å². The van der Waals surface area contributed by atoms with E-state index in [1.807, 2.05) is 6.07 Å². The number of rotatable bonds is 7. The Morgan fingerprint density at radius 3 is 2.42 bits per heavy atom. The summed E-state index contributed by atoms with van der Waals surface area (Å²) in [5.41, 5.74) is -0.766. The Kier molecular flexibility index (Phi) is 6.58. The number of nitrogens with zero attached hydrogens (tertiary/aromatic N) is 1. The zero-order valence-electron chi connectivity index (χ0n) is 14.4. The first-order chi connectivity index (χ1) is 11.1. The second-order valence-electron chi connectivity index (χ2n) is 6.68. The van der Waals surface area contributed by atoms with E-state index in [1.165, 1.54) is 0 Å². The van der Waals surface area contributed by atoms with E-state index in [-0.39, 0.29) is 18.9 Å². The van der Waals surface area contributed by atoms with Crippen LogP contribution in [0.5, 0.6) is 0 Å². The van der Waals surface area contributed by atoms with E-state index in [2.05, 4.69) is 5.32 Å². The highest BCUT2D eigenvalue weighted by molar-refractivity contribution is 5.84. The van der Waals surface area contributed by atoms with Crippen LogP contribution in [0.15, 0.2) is 0 Å². The molecule has 1 aliphatic carbocycles. The van der Waals surface area contributed by atoms with Gasteiger partial charge in [0.05, 0.1) is 18.6 Å². The summed E-state index contributed by atoms with van der Waals surface area (Å²) in [6.45, 7) is 6.83. The number of carboxylic acids is 1. The maximum Gasteiger partial charge on any atom is 0.408 e. The van der Waals surface area contributed by atoms with Crippen molar-refractivity contribution in [2.75, 3.05) is 6.61 Å². The van der Waals surface area contributed by atoms with Gasteiger partial charge >= 0.3 is 18.0 Å². The molecule has 1 amide bonds. The van der Waals surface area contributed by atoms with E-state index < -0.39 is 41.5 Å². The molecule has 2 N–H and O–H groups in total. The van der Waals surface area contributed by atoms with Crippen LogP contribution in [0.4, 0.5) is 4.79 Å². The summed E-state index contributed by atoms with van der Waals surface area (Å²) < 4.78 is 10.0. The molecule has 1 aliphatic rings. The Bertz CT molecular complexity index is 534. The molecule has 0 spiro atoms. The lowest BCUT2D eigenvalue weighted by atomic mass is 10.1. The van der Waals surface area contributed by atoms with Gasteiger partial charge in [-0.25, -0.2) is 9.59 Å². The Balaban J connectivity index is 2.85. The molecule has 0 aliphatic heterocycles. The number of nitrogens with one attached hydrogen (secondary N) is 1. The number of hydrogen-bond donors (Lipinski definition) is 2. The molecule has 0 radical (unpaired) electrons. The SMILES string of the molecule is CCOC(=O)C1C(CCC#N)C1C(NC(=O)OC(C)(C)C)C(=O)O. The predicted octanol–water partition coefficient (Wildman–Crippen LogP) is 1.69. The molecule has 0 aromatic rings. The van der Waals surface area contributed by atoms with Gasteiger partial charge in [0.1, 0.15) is 11.6 Å². The summed E-state index contributed by atoms with van der Waals surface area (Å²) >= 11 is 0. The highest BCUT2D eigenvalue weighted by atomic mass is 16.6. The van der Waals surface area contributed by atoms with Crippen molar-refractivity contribution < 1.29 is 29.0 Å². The Hall–Kier alpha value is -2.30. The lowest BCUT2D eigenvalue weighted by Crippen LogP contribution is -2.45. The van der Waals surface area contributed by atoms with Crippen LogP contribution in [0.1, 0.15) is 40.5 Å². The normalized spacial score (nSPS) is 23.5. The number of hydrogen-bond acceptors (Lipinski definition) is 6. The summed E-state index contributed by atoms with van der Waals surface area (Å²) in [7, 11) is 0. The fourth-order valence-corrected chi connectivity index (χ4v) is 2.79. The highest BCUT2D eigenvalue weighted by Crippen LogP contribution is 2.52.